The minimum Gasteiger partial charge on any atom is -0.351 e. The number of rotatable bonds is 3. The van der Waals surface area contributed by atoms with E-state index in [0.29, 0.717) is 5.56 Å². The molecule has 0 unspecified atom stereocenters. The molecule has 136 valence electrons. The Kier molecular flexibility index (Phi) is 4.86. The summed E-state index contributed by atoms with van der Waals surface area (Å²) >= 11 is 0. The molecule has 0 spiro atoms. The molecular formula is C20H25N5O. The van der Waals surface area contributed by atoms with Crippen molar-refractivity contribution in [2.45, 2.75) is 13.0 Å². The molecule has 1 aromatic heterocycles. The fraction of sp³-hybridized carbons (Fsp3) is 0.400. The molecule has 6 nitrogen and oxygen atoms in total. The van der Waals surface area contributed by atoms with Gasteiger partial charge in [-0.25, -0.2) is 9.99 Å². The van der Waals surface area contributed by atoms with Crippen molar-refractivity contribution < 1.29 is 4.79 Å². The number of anilines is 1. The molecule has 1 amide bonds. The van der Waals surface area contributed by atoms with Crippen molar-refractivity contribution in [3.8, 4) is 0 Å². The summed E-state index contributed by atoms with van der Waals surface area (Å²) in [5, 5.41) is 2.00. The van der Waals surface area contributed by atoms with Crippen molar-refractivity contribution in [3.63, 3.8) is 0 Å². The Labute approximate surface area is 154 Å². The van der Waals surface area contributed by atoms with Crippen LogP contribution in [0.1, 0.15) is 21.5 Å². The third-order valence-corrected chi connectivity index (χ3v) is 5.22. The molecule has 1 fully saturated rings. The fourth-order valence-corrected chi connectivity index (χ4v) is 3.62. The van der Waals surface area contributed by atoms with E-state index in [4.69, 9.17) is 0 Å². The van der Waals surface area contributed by atoms with Gasteiger partial charge in [0.1, 0.15) is 5.82 Å². The van der Waals surface area contributed by atoms with E-state index in [1.54, 1.807) is 6.20 Å². The predicted octanol–water partition coefficient (Wildman–Crippen LogP) is 1.54. The standard InChI is InChI=1S/C20H25N5O/c1-23-11-13-25(14-12-23)22-20(26)18-7-4-9-21-19(18)24-10-8-16-5-2-3-6-17(16)15-24/h2-7,9H,8,10-15H2,1H3,(H,22,26). The summed E-state index contributed by atoms with van der Waals surface area (Å²) in [7, 11) is 2.10. The molecule has 2 aliphatic heterocycles. The smallest absolute Gasteiger partial charge is 0.269 e. The highest BCUT2D eigenvalue weighted by molar-refractivity contribution is 5.98. The summed E-state index contributed by atoms with van der Waals surface area (Å²) in [6.07, 6.45) is 2.74. The minimum atomic E-state index is -0.0727. The summed E-state index contributed by atoms with van der Waals surface area (Å²) < 4.78 is 0. The first-order chi connectivity index (χ1) is 12.7. The highest BCUT2D eigenvalue weighted by Crippen LogP contribution is 2.25. The largest absolute Gasteiger partial charge is 0.351 e. The third kappa shape index (κ3) is 3.57. The maximum absolute atomic E-state index is 12.9. The second-order valence-electron chi connectivity index (χ2n) is 7.05. The molecule has 0 atom stereocenters. The van der Waals surface area contributed by atoms with Gasteiger partial charge >= 0.3 is 0 Å². The van der Waals surface area contributed by atoms with E-state index >= 15 is 0 Å². The van der Waals surface area contributed by atoms with Crippen LogP contribution in [0.25, 0.3) is 0 Å². The number of hydrazine groups is 1. The Morgan fingerprint density at radius 2 is 1.77 bits per heavy atom. The van der Waals surface area contributed by atoms with E-state index < -0.39 is 0 Å². The number of piperazine rings is 1. The molecule has 2 aliphatic rings. The number of carbonyl (C=O) groups excluding carboxylic acids is 1. The van der Waals surface area contributed by atoms with Crippen LogP contribution in [0, 0.1) is 0 Å². The lowest BCUT2D eigenvalue weighted by Crippen LogP contribution is -2.52. The zero-order valence-electron chi connectivity index (χ0n) is 15.2. The molecule has 1 aromatic carbocycles. The van der Waals surface area contributed by atoms with Crippen LogP contribution < -0.4 is 10.3 Å². The van der Waals surface area contributed by atoms with Gasteiger partial charge in [0.05, 0.1) is 5.56 Å². The van der Waals surface area contributed by atoms with Crippen LogP contribution >= 0.6 is 0 Å². The average Bonchev–Trinajstić information content (AvgIpc) is 2.69. The predicted molar refractivity (Wildman–Crippen MR) is 102 cm³/mol. The van der Waals surface area contributed by atoms with Crippen LogP contribution in [0.15, 0.2) is 42.6 Å². The number of benzene rings is 1. The Bertz CT molecular complexity index is 785. The number of amides is 1. The Morgan fingerprint density at radius 3 is 2.58 bits per heavy atom. The van der Waals surface area contributed by atoms with E-state index in [9.17, 15) is 4.79 Å². The third-order valence-electron chi connectivity index (χ3n) is 5.22. The lowest BCUT2D eigenvalue weighted by Gasteiger charge is -2.33. The molecule has 6 heteroatoms. The summed E-state index contributed by atoms with van der Waals surface area (Å²) in [6, 6.07) is 12.2. The van der Waals surface area contributed by atoms with Crippen LogP contribution in [-0.2, 0) is 13.0 Å². The molecule has 26 heavy (non-hydrogen) atoms. The normalized spacial score (nSPS) is 18.4. The van der Waals surface area contributed by atoms with Gasteiger partial charge in [-0.15, -0.1) is 0 Å². The van der Waals surface area contributed by atoms with Crippen molar-refractivity contribution in [1.82, 2.24) is 20.3 Å². The number of likely N-dealkylation sites (N-methyl/N-ethyl adjacent to an activating group) is 1. The zero-order chi connectivity index (χ0) is 17.9. The van der Waals surface area contributed by atoms with E-state index in [1.165, 1.54) is 11.1 Å². The topological polar surface area (TPSA) is 51.7 Å². The van der Waals surface area contributed by atoms with Crippen molar-refractivity contribution in [1.29, 1.82) is 0 Å². The van der Waals surface area contributed by atoms with Gasteiger partial charge in [0, 0.05) is 45.5 Å². The van der Waals surface area contributed by atoms with Crippen molar-refractivity contribution in [3.05, 3.63) is 59.3 Å². The molecule has 4 rings (SSSR count). The maximum atomic E-state index is 12.9. The van der Waals surface area contributed by atoms with E-state index in [-0.39, 0.29) is 5.91 Å². The number of hydrogen-bond acceptors (Lipinski definition) is 5. The van der Waals surface area contributed by atoms with Gasteiger partial charge in [-0.05, 0) is 36.7 Å². The van der Waals surface area contributed by atoms with Gasteiger partial charge in [-0.1, -0.05) is 24.3 Å². The van der Waals surface area contributed by atoms with Gasteiger partial charge in [0.15, 0.2) is 0 Å². The Balaban J connectivity index is 1.51. The summed E-state index contributed by atoms with van der Waals surface area (Å²) in [5.41, 5.74) is 6.41. The monoisotopic (exact) mass is 351 g/mol. The number of nitrogens with zero attached hydrogens (tertiary/aromatic N) is 4. The lowest BCUT2D eigenvalue weighted by molar-refractivity contribution is 0.0662. The second-order valence-corrected chi connectivity index (χ2v) is 7.05. The Morgan fingerprint density at radius 1 is 1.00 bits per heavy atom. The minimum absolute atomic E-state index is 0.0727. The highest BCUT2D eigenvalue weighted by Gasteiger charge is 2.23. The first-order valence-electron chi connectivity index (χ1n) is 9.22. The van der Waals surface area contributed by atoms with E-state index in [2.05, 4.69) is 51.5 Å². The second kappa shape index (κ2) is 7.43. The van der Waals surface area contributed by atoms with Crippen molar-refractivity contribution in [2.75, 3.05) is 44.7 Å². The molecule has 3 heterocycles. The van der Waals surface area contributed by atoms with E-state index in [0.717, 1.165) is 51.5 Å². The fourth-order valence-electron chi connectivity index (χ4n) is 3.62. The summed E-state index contributed by atoms with van der Waals surface area (Å²) in [5.74, 6) is 0.699. The van der Waals surface area contributed by atoms with Gasteiger partial charge in [0.25, 0.3) is 5.91 Å². The van der Waals surface area contributed by atoms with Crippen molar-refractivity contribution >= 4 is 11.7 Å². The maximum Gasteiger partial charge on any atom is 0.269 e. The zero-order valence-corrected chi connectivity index (χ0v) is 15.2. The van der Waals surface area contributed by atoms with Gasteiger partial charge in [0.2, 0.25) is 0 Å². The van der Waals surface area contributed by atoms with Gasteiger partial charge in [-0.2, -0.15) is 0 Å². The van der Waals surface area contributed by atoms with Gasteiger partial charge in [-0.3, -0.25) is 10.2 Å². The molecular weight excluding hydrogens is 326 g/mol. The lowest BCUT2D eigenvalue weighted by atomic mass is 9.99. The molecule has 0 saturated carbocycles. The number of aromatic nitrogens is 1. The molecule has 1 saturated heterocycles. The molecule has 0 aliphatic carbocycles. The van der Waals surface area contributed by atoms with Crippen LogP contribution in [0.3, 0.4) is 0 Å². The number of fused-ring (bicyclic) bond motifs is 1. The number of hydrogen-bond donors (Lipinski definition) is 1. The van der Waals surface area contributed by atoms with Gasteiger partial charge < -0.3 is 9.80 Å². The van der Waals surface area contributed by atoms with Crippen LogP contribution in [0.5, 0.6) is 0 Å². The number of carbonyl (C=O) groups is 1. The average molecular weight is 351 g/mol. The van der Waals surface area contributed by atoms with E-state index in [1.807, 2.05) is 17.1 Å². The molecule has 1 N–H and O–H groups in total. The highest BCUT2D eigenvalue weighted by atomic mass is 16.2. The van der Waals surface area contributed by atoms with Crippen molar-refractivity contribution in [2.24, 2.45) is 0 Å². The first-order valence-corrected chi connectivity index (χ1v) is 9.22. The summed E-state index contributed by atoms with van der Waals surface area (Å²) in [6.45, 7) is 5.28. The van der Waals surface area contributed by atoms with Crippen LogP contribution in [0.4, 0.5) is 5.82 Å². The summed E-state index contributed by atoms with van der Waals surface area (Å²) in [4.78, 5) is 21.9. The number of pyridine rings is 1. The number of nitrogens with one attached hydrogen (secondary N) is 1. The quantitative estimate of drug-likeness (QED) is 0.909. The molecule has 2 aromatic rings. The Hall–Kier alpha value is -2.44. The van der Waals surface area contributed by atoms with Crippen LogP contribution in [-0.4, -0.2) is 60.6 Å². The molecule has 0 bridgehead atoms. The van der Waals surface area contributed by atoms with Crippen LogP contribution in [0.2, 0.25) is 0 Å². The first kappa shape index (κ1) is 17.0. The molecule has 0 radical (unpaired) electrons. The SMILES string of the molecule is CN1CCN(NC(=O)c2cccnc2N2CCc3ccccc3C2)CC1.